The molecule has 2 rings (SSSR count). The van der Waals surface area contributed by atoms with E-state index in [9.17, 15) is 4.39 Å². The van der Waals surface area contributed by atoms with Crippen molar-refractivity contribution in [3.63, 3.8) is 0 Å². The number of halogens is 3. The molecule has 0 unspecified atom stereocenters. The van der Waals surface area contributed by atoms with E-state index in [1.807, 2.05) is 6.92 Å². The van der Waals surface area contributed by atoms with E-state index in [1.54, 1.807) is 6.07 Å². The standard InChI is InChI=1S/C13H14BrClFN5/c1-2-3-10-18-11(6-12(19-10)21-17)20-13-8(14)4-7(16)5-9(13)15/h4-6H,2-3,17H2,1H3,(H2,18,19,20,21). The fourth-order valence-electron chi connectivity index (χ4n) is 1.76. The van der Waals surface area contributed by atoms with Crippen molar-refractivity contribution < 1.29 is 4.39 Å². The topological polar surface area (TPSA) is 75.9 Å². The molecule has 1 aromatic carbocycles. The average molecular weight is 375 g/mol. The highest BCUT2D eigenvalue weighted by atomic mass is 79.9. The second-order valence-electron chi connectivity index (χ2n) is 4.32. The second-order valence-corrected chi connectivity index (χ2v) is 5.58. The molecule has 0 bridgehead atoms. The van der Waals surface area contributed by atoms with Crippen molar-refractivity contribution in [1.29, 1.82) is 0 Å². The lowest BCUT2D eigenvalue weighted by Crippen LogP contribution is -2.11. The molecule has 0 aliphatic rings. The molecule has 0 radical (unpaired) electrons. The molecule has 1 aromatic heterocycles. The Morgan fingerprint density at radius 3 is 2.62 bits per heavy atom. The first-order chi connectivity index (χ1) is 10.0. The van der Waals surface area contributed by atoms with E-state index in [0.29, 0.717) is 27.6 Å². The highest BCUT2D eigenvalue weighted by molar-refractivity contribution is 9.10. The van der Waals surface area contributed by atoms with Gasteiger partial charge in [-0.1, -0.05) is 18.5 Å². The third-order valence-electron chi connectivity index (χ3n) is 2.65. The molecule has 0 atom stereocenters. The minimum absolute atomic E-state index is 0.250. The van der Waals surface area contributed by atoms with Gasteiger partial charge in [-0.3, -0.25) is 0 Å². The molecule has 0 aliphatic carbocycles. The third-order valence-corrected chi connectivity index (χ3v) is 3.58. The smallest absolute Gasteiger partial charge is 0.145 e. The van der Waals surface area contributed by atoms with Crippen LogP contribution in [0.4, 0.5) is 21.7 Å². The highest BCUT2D eigenvalue weighted by Gasteiger charge is 2.11. The molecular formula is C13H14BrClFN5. The molecule has 0 saturated carbocycles. The van der Waals surface area contributed by atoms with Gasteiger partial charge in [0.15, 0.2) is 0 Å². The first kappa shape index (κ1) is 15.9. The lowest BCUT2D eigenvalue weighted by molar-refractivity contribution is 0.627. The number of nitrogens with zero attached hydrogens (tertiary/aromatic N) is 2. The summed E-state index contributed by atoms with van der Waals surface area (Å²) < 4.78 is 13.7. The van der Waals surface area contributed by atoms with Gasteiger partial charge in [-0.05, 0) is 34.5 Å². The Morgan fingerprint density at radius 2 is 2.00 bits per heavy atom. The Bertz CT molecular complexity index is 629. The fourth-order valence-corrected chi connectivity index (χ4v) is 2.66. The van der Waals surface area contributed by atoms with Crippen LogP contribution in [-0.4, -0.2) is 9.97 Å². The Balaban J connectivity index is 2.37. The monoisotopic (exact) mass is 373 g/mol. The molecular weight excluding hydrogens is 361 g/mol. The van der Waals surface area contributed by atoms with E-state index >= 15 is 0 Å². The van der Waals surface area contributed by atoms with Gasteiger partial charge < -0.3 is 10.7 Å². The number of nitrogens with two attached hydrogens (primary N) is 1. The Morgan fingerprint density at radius 1 is 1.29 bits per heavy atom. The fraction of sp³-hybridized carbons (Fsp3) is 0.231. The van der Waals surface area contributed by atoms with Crippen molar-refractivity contribution in [2.45, 2.75) is 19.8 Å². The van der Waals surface area contributed by atoms with Crippen LogP contribution in [-0.2, 0) is 6.42 Å². The molecule has 8 heteroatoms. The Hall–Kier alpha value is -1.44. The molecule has 2 aromatic rings. The lowest BCUT2D eigenvalue weighted by atomic mass is 10.3. The van der Waals surface area contributed by atoms with Crippen LogP contribution in [0.1, 0.15) is 19.2 Å². The maximum atomic E-state index is 13.2. The van der Waals surface area contributed by atoms with Crippen molar-refractivity contribution in [2.24, 2.45) is 5.84 Å². The summed E-state index contributed by atoms with van der Waals surface area (Å²) >= 11 is 9.31. The maximum absolute atomic E-state index is 13.2. The number of aryl methyl sites for hydroxylation is 1. The lowest BCUT2D eigenvalue weighted by Gasteiger charge is -2.12. The zero-order valence-electron chi connectivity index (χ0n) is 11.3. The van der Waals surface area contributed by atoms with Crippen molar-refractivity contribution in [3.05, 3.63) is 39.3 Å². The minimum Gasteiger partial charge on any atom is -0.338 e. The number of nitrogens with one attached hydrogen (secondary N) is 2. The van der Waals surface area contributed by atoms with Crippen molar-refractivity contribution in [1.82, 2.24) is 9.97 Å². The summed E-state index contributed by atoms with van der Waals surface area (Å²) in [5.41, 5.74) is 3.02. The van der Waals surface area contributed by atoms with Crippen LogP contribution in [0.15, 0.2) is 22.7 Å². The molecule has 21 heavy (non-hydrogen) atoms. The highest BCUT2D eigenvalue weighted by Crippen LogP contribution is 2.33. The molecule has 0 spiro atoms. The summed E-state index contributed by atoms with van der Waals surface area (Å²) in [5, 5.41) is 3.30. The first-order valence-electron chi connectivity index (χ1n) is 6.29. The average Bonchev–Trinajstić information content (AvgIpc) is 2.43. The SMILES string of the molecule is CCCc1nc(NN)cc(Nc2c(Cl)cc(F)cc2Br)n1. The second kappa shape index (κ2) is 7.02. The van der Waals surface area contributed by atoms with E-state index in [-0.39, 0.29) is 5.02 Å². The first-order valence-corrected chi connectivity index (χ1v) is 7.46. The van der Waals surface area contributed by atoms with Crippen LogP contribution in [0.5, 0.6) is 0 Å². The molecule has 5 nitrogen and oxygen atoms in total. The minimum atomic E-state index is -0.420. The van der Waals surface area contributed by atoms with Crippen molar-refractivity contribution >= 4 is 44.9 Å². The van der Waals surface area contributed by atoms with Gasteiger partial charge in [-0.15, -0.1) is 0 Å². The quantitative estimate of drug-likeness (QED) is 0.544. The normalized spacial score (nSPS) is 10.5. The number of hydrogen-bond acceptors (Lipinski definition) is 5. The largest absolute Gasteiger partial charge is 0.338 e. The molecule has 0 saturated heterocycles. The summed E-state index contributed by atoms with van der Waals surface area (Å²) in [6, 6.07) is 4.20. The van der Waals surface area contributed by atoms with Crippen LogP contribution in [0.3, 0.4) is 0 Å². The van der Waals surface area contributed by atoms with Gasteiger partial charge in [0, 0.05) is 17.0 Å². The van der Waals surface area contributed by atoms with E-state index < -0.39 is 5.82 Å². The van der Waals surface area contributed by atoms with E-state index in [0.717, 1.165) is 12.8 Å². The van der Waals surface area contributed by atoms with Gasteiger partial charge in [-0.2, -0.15) is 0 Å². The summed E-state index contributed by atoms with van der Waals surface area (Å²) in [6.07, 6.45) is 1.64. The molecule has 0 fully saturated rings. The van der Waals surface area contributed by atoms with Gasteiger partial charge in [0.25, 0.3) is 0 Å². The number of anilines is 3. The van der Waals surface area contributed by atoms with Crippen molar-refractivity contribution in [2.75, 3.05) is 10.7 Å². The van der Waals surface area contributed by atoms with Crippen LogP contribution >= 0.6 is 27.5 Å². The van der Waals surface area contributed by atoms with Gasteiger partial charge in [0.1, 0.15) is 23.3 Å². The van der Waals surface area contributed by atoms with Crippen LogP contribution in [0, 0.1) is 5.82 Å². The summed E-state index contributed by atoms with van der Waals surface area (Å²) in [5.74, 6) is 6.66. The number of benzene rings is 1. The number of aromatic nitrogens is 2. The number of rotatable bonds is 5. The number of hydrogen-bond donors (Lipinski definition) is 3. The predicted octanol–water partition coefficient (Wildman–Crippen LogP) is 4.01. The van der Waals surface area contributed by atoms with Gasteiger partial charge in [0.05, 0.1) is 10.7 Å². The zero-order valence-corrected chi connectivity index (χ0v) is 13.6. The molecule has 4 N–H and O–H groups in total. The third kappa shape index (κ3) is 4.03. The zero-order chi connectivity index (χ0) is 15.4. The molecule has 0 aliphatic heterocycles. The Labute approximate surface area is 135 Å². The summed E-state index contributed by atoms with van der Waals surface area (Å²) in [7, 11) is 0. The van der Waals surface area contributed by atoms with Crippen LogP contribution < -0.4 is 16.6 Å². The molecule has 1 heterocycles. The molecule has 112 valence electrons. The number of hydrazine groups is 1. The van der Waals surface area contributed by atoms with Gasteiger partial charge in [-0.25, -0.2) is 20.2 Å². The van der Waals surface area contributed by atoms with E-state index in [2.05, 4.69) is 36.6 Å². The molecule has 0 amide bonds. The Kier molecular flexibility index (Phi) is 5.33. The van der Waals surface area contributed by atoms with E-state index in [4.69, 9.17) is 17.4 Å². The van der Waals surface area contributed by atoms with Crippen molar-refractivity contribution in [3.8, 4) is 0 Å². The summed E-state index contributed by atoms with van der Waals surface area (Å²) in [6.45, 7) is 2.03. The predicted molar refractivity (Wildman–Crippen MR) is 86.2 cm³/mol. The number of nitrogen functional groups attached to an aromatic ring is 1. The van der Waals surface area contributed by atoms with Gasteiger partial charge in [0.2, 0.25) is 0 Å². The maximum Gasteiger partial charge on any atom is 0.145 e. The summed E-state index contributed by atoms with van der Waals surface area (Å²) in [4.78, 5) is 8.63. The van der Waals surface area contributed by atoms with Crippen LogP contribution in [0.2, 0.25) is 5.02 Å². The van der Waals surface area contributed by atoms with E-state index in [1.165, 1.54) is 12.1 Å². The van der Waals surface area contributed by atoms with Gasteiger partial charge >= 0.3 is 0 Å². The van der Waals surface area contributed by atoms with Crippen LogP contribution in [0.25, 0.3) is 0 Å².